The molecule has 0 bridgehead atoms. The Morgan fingerprint density at radius 3 is 2.87 bits per heavy atom. The normalized spacial score (nSPS) is 10.1. The average Bonchev–Trinajstić information content (AvgIpc) is 2.22. The van der Waals surface area contributed by atoms with E-state index in [9.17, 15) is 4.79 Å². The molecule has 1 rings (SSSR count). The first kappa shape index (κ1) is 12.0. The van der Waals surface area contributed by atoms with Gasteiger partial charge in [0, 0.05) is 10.7 Å². The van der Waals surface area contributed by atoms with Crippen LogP contribution in [-0.4, -0.2) is 19.0 Å². The van der Waals surface area contributed by atoms with Crippen LogP contribution in [0.25, 0.3) is 0 Å². The van der Waals surface area contributed by atoms with Crippen LogP contribution in [0.15, 0.2) is 18.2 Å². The zero-order valence-electron chi connectivity index (χ0n) is 8.93. The number of carbonyl (C=O) groups excluding carboxylic acids is 1. The van der Waals surface area contributed by atoms with Crippen LogP contribution in [0.1, 0.15) is 12.5 Å². The molecule has 2 N–H and O–H groups in total. The SMILES string of the molecule is CCNCC(=O)Nc1cccc(Cl)c1C. The summed E-state index contributed by atoms with van der Waals surface area (Å²) in [4.78, 5) is 11.4. The van der Waals surface area contributed by atoms with Crippen LogP contribution >= 0.6 is 11.6 Å². The Hall–Kier alpha value is -1.06. The van der Waals surface area contributed by atoms with Gasteiger partial charge in [0.05, 0.1) is 6.54 Å². The van der Waals surface area contributed by atoms with Crippen LogP contribution < -0.4 is 10.6 Å². The molecule has 0 atom stereocenters. The average molecular weight is 227 g/mol. The number of nitrogens with one attached hydrogen (secondary N) is 2. The van der Waals surface area contributed by atoms with Crippen molar-refractivity contribution < 1.29 is 4.79 Å². The van der Waals surface area contributed by atoms with Gasteiger partial charge in [0.25, 0.3) is 0 Å². The predicted octanol–water partition coefficient (Wildman–Crippen LogP) is 2.20. The molecule has 0 saturated heterocycles. The summed E-state index contributed by atoms with van der Waals surface area (Å²) in [6.45, 7) is 4.94. The first-order valence-corrected chi connectivity index (χ1v) is 5.28. The third-order valence-electron chi connectivity index (χ3n) is 2.08. The van der Waals surface area contributed by atoms with Gasteiger partial charge in [0.1, 0.15) is 0 Å². The summed E-state index contributed by atoms with van der Waals surface area (Å²) in [5.74, 6) is -0.0535. The minimum atomic E-state index is -0.0535. The molecule has 0 radical (unpaired) electrons. The molecule has 82 valence electrons. The minimum absolute atomic E-state index is 0.0535. The van der Waals surface area contributed by atoms with Crippen LogP contribution in [-0.2, 0) is 4.79 Å². The Labute approximate surface area is 94.8 Å². The van der Waals surface area contributed by atoms with Gasteiger partial charge in [-0.3, -0.25) is 4.79 Å². The number of benzene rings is 1. The summed E-state index contributed by atoms with van der Waals surface area (Å²) in [5, 5.41) is 6.42. The molecule has 3 nitrogen and oxygen atoms in total. The van der Waals surface area contributed by atoms with Crippen LogP contribution in [0.3, 0.4) is 0 Å². The van der Waals surface area contributed by atoms with Gasteiger partial charge in [-0.2, -0.15) is 0 Å². The van der Waals surface area contributed by atoms with E-state index in [1.807, 2.05) is 26.0 Å². The molecule has 0 aliphatic heterocycles. The molecule has 15 heavy (non-hydrogen) atoms. The Balaban J connectivity index is 2.64. The Kier molecular flexibility index (Phi) is 4.59. The van der Waals surface area contributed by atoms with Gasteiger partial charge in [-0.05, 0) is 31.2 Å². The van der Waals surface area contributed by atoms with E-state index in [0.717, 1.165) is 17.8 Å². The summed E-state index contributed by atoms with van der Waals surface area (Å²) >= 11 is 5.93. The minimum Gasteiger partial charge on any atom is -0.325 e. The highest BCUT2D eigenvalue weighted by Crippen LogP contribution is 2.22. The van der Waals surface area contributed by atoms with E-state index in [1.54, 1.807) is 6.07 Å². The first-order valence-electron chi connectivity index (χ1n) is 4.90. The van der Waals surface area contributed by atoms with E-state index >= 15 is 0 Å². The largest absolute Gasteiger partial charge is 0.325 e. The fraction of sp³-hybridized carbons (Fsp3) is 0.364. The third-order valence-corrected chi connectivity index (χ3v) is 2.49. The molecule has 0 fully saturated rings. The summed E-state index contributed by atoms with van der Waals surface area (Å²) in [5.41, 5.74) is 1.66. The Morgan fingerprint density at radius 1 is 1.47 bits per heavy atom. The summed E-state index contributed by atoms with van der Waals surface area (Å²) in [6, 6.07) is 5.46. The van der Waals surface area contributed by atoms with Crippen LogP contribution in [0, 0.1) is 6.92 Å². The lowest BCUT2D eigenvalue weighted by atomic mass is 10.2. The van der Waals surface area contributed by atoms with E-state index in [4.69, 9.17) is 11.6 Å². The number of amides is 1. The van der Waals surface area contributed by atoms with Gasteiger partial charge in [-0.1, -0.05) is 24.6 Å². The molecule has 0 aliphatic rings. The van der Waals surface area contributed by atoms with Crippen molar-refractivity contribution in [3.05, 3.63) is 28.8 Å². The smallest absolute Gasteiger partial charge is 0.238 e. The van der Waals surface area contributed by atoms with Crippen LogP contribution in [0.5, 0.6) is 0 Å². The lowest BCUT2D eigenvalue weighted by Gasteiger charge is -2.09. The molecule has 1 amide bonds. The maximum absolute atomic E-state index is 11.4. The molecular formula is C11H15ClN2O. The second kappa shape index (κ2) is 5.73. The van der Waals surface area contributed by atoms with Gasteiger partial charge in [0.15, 0.2) is 0 Å². The van der Waals surface area contributed by atoms with E-state index in [1.165, 1.54) is 0 Å². The van der Waals surface area contributed by atoms with Crippen LogP contribution in [0.4, 0.5) is 5.69 Å². The molecular weight excluding hydrogens is 212 g/mol. The summed E-state index contributed by atoms with van der Waals surface area (Å²) < 4.78 is 0. The number of likely N-dealkylation sites (N-methyl/N-ethyl adjacent to an activating group) is 1. The van der Waals surface area contributed by atoms with Crippen molar-refractivity contribution >= 4 is 23.2 Å². The molecule has 1 aromatic carbocycles. The quantitative estimate of drug-likeness (QED) is 0.827. The van der Waals surface area contributed by atoms with Crippen molar-refractivity contribution in [1.82, 2.24) is 5.32 Å². The monoisotopic (exact) mass is 226 g/mol. The standard InChI is InChI=1S/C11H15ClN2O/c1-3-13-7-11(15)14-10-6-4-5-9(12)8(10)2/h4-6,13H,3,7H2,1-2H3,(H,14,15). The number of anilines is 1. The highest BCUT2D eigenvalue weighted by Gasteiger charge is 2.05. The van der Waals surface area contributed by atoms with Crippen molar-refractivity contribution in [3.63, 3.8) is 0 Å². The highest BCUT2D eigenvalue weighted by molar-refractivity contribution is 6.31. The second-order valence-electron chi connectivity index (χ2n) is 3.24. The number of hydrogen-bond donors (Lipinski definition) is 2. The number of rotatable bonds is 4. The van der Waals surface area contributed by atoms with Crippen molar-refractivity contribution in [2.75, 3.05) is 18.4 Å². The number of carbonyl (C=O) groups is 1. The molecule has 0 unspecified atom stereocenters. The Morgan fingerprint density at radius 2 is 2.20 bits per heavy atom. The van der Waals surface area contributed by atoms with Gasteiger partial charge in [-0.15, -0.1) is 0 Å². The topological polar surface area (TPSA) is 41.1 Å². The molecule has 4 heteroatoms. The van der Waals surface area contributed by atoms with Gasteiger partial charge in [-0.25, -0.2) is 0 Å². The van der Waals surface area contributed by atoms with Crippen molar-refractivity contribution in [2.45, 2.75) is 13.8 Å². The van der Waals surface area contributed by atoms with Gasteiger partial charge < -0.3 is 10.6 Å². The fourth-order valence-corrected chi connectivity index (χ4v) is 1.35. The zero-order chi connectivity index (χ0) is 11.3. The van der Waals surface area contributed by atoms with Gasteiger partial charge in [0.2, 0.25) is 5.91 Å². The zero-order valence-corrected chi connectivity index (χ0v) is 9.69. The molecule has 0 aliphatic carbocycles. The van der Waals surface area contributed by atoms with Gasteiger partial charge >= 0.3 is 0 Å². The fourth-order valence-electron chi connectivity index (χ4n) is 1.18. The highest BCUT2D eigenvalue weighted by atomic mass is 35.5. The Bertz CT molecular complexity index is 352. The molecule has 0 heterocycles. The number of halogens is 1. The lowest BCUT2D eigenvalue weighted by Crippen LogP contribution is -2.27. The first-order chi connectivity index (χ1) is 7.15. The maximum atomic E-state index is 11.4. The van der Waals surface area contributed by atoms with Crippen molar-refractivity contribution in [2.24, 2.45) is 0 Å². The molecule has 1 aromatic rings. The number of hydrogen-bond acceptors (Lipinski definition) is 2. The van der Waals surface area contributed by atoms with Crippen LogP contribution in [0.2, 0.25) is 5.02 Å². The van der Waals surface area contributed by atoms with E-state index in [0.29, 0.717) is 11.6 Å². The molecule has 0 spiro atoms. The van der Waals surface area contributed by atoms with Crippen molar-refractivity contribution in [1.29, 1.82) is 0 Å². The van der Waals surface area contributed by atoms with E-state index in [-0.39, 0.29) is 5.91 Å². The molecule has 0 aromatic heterocycles. The summed E-state index contributed by atoms with van der Waals surface area (Å²) in [6.07, 6.45) is 0. The lowest BCUT2D eigenvalue weighted by molar-refractivity contribution is -0.115. The van der Waals surface area contributed by atoms with Crippen molar-refractivity contribution in [3.8, 4) is 0 Å². The maximum Gasteiger partial charge on any atom is 0.238 e. The molecule has 0 saturated carbocycles. The van der Waals surface area contributed by atoms with E-state index < -0.39 is 0 Å². The predicted molar refractivity (Wildman–Crippen MR) is 63.4 cm³/mol. The second-order valence-corrected chi connectivity index (χ2v) is 3.65. The third kappa shape index (κ3) is 3.53. The summed E-state index contributed by atoms with van der Waals surface area (Å²) in [7, 11) is 0. The van der Waals surface area contributed by atoms with E-state index in [2.05, 4.69) is 10.6 Å².